The highest BCUT2D eigenvalue weighted by Crippen LogP contribution is 2.36. The lowest BCUT2D eigenvalue weighted by molar-refractivity contribution is -0.121. The van der Waals surface area contributed by atoms with Gasteiger partial charge in [0, 0.05) is 18.5 Å². The van der Waals surface area contributed by atoms with Crippen molar-refractivity contribution in [3.63, 3.8) is 0 Å². The first-order chi connectivity index (χ1) is 10.1. The SMILES string of the molecule is CCCCCCCCC(=O)NCc1ccc(O)c(O)c1O. The van der Waals surface area contributed by atoms with Gasteiger partial charge in [-0.05, 0) is 18.6 Å². The minimum absolute atomic E-state index is 0.0718. The highest BCUT2D eigenvalue weighted by molar-refractivity contribution is 5.76. The molecule has 0 heterocycles. The number of nitrogens with one attached hydrogen (secondary N) is 1. The third-order valence-corrected chi connectivity index (χ3v) is 3.45. The van der Waals surface area contributed by atoms with E-state index in [9.17, 15) is 20.1 Å². The lowest BCUT2D eigenvalue weighted by Crippen LogP contribution is -2.22. The lowest BCUT2D eigenvalue weighted by Gasteiger charge is -2.09. The van der Waals surface area contributed by atoms with Gasteiger partial charge in [-0.2, -0.15) is 0 Å². The van der Waals surface area contributed by atoms with E-state index in [1.807, 2.05) is 0 Å². The zero-order chi connectivity index (χ0) is 15.7. The van der Waals surface area contributed by atoms with Crippen molar-refractivity contribution in [1.82, 2.24) is 5.32 Å². The van der Waals surface area contributed by atoms with Crippen molar-refractivity contribution >= 4 is 5.91 Å². The van der Waals surface area contributed by atoms with Gasteiger partial charge in [-0.15, -0.1) is 0 Å². The molecule has 5 nitrogen and oxygen atoms in total. The number of carbonyl (C=O) groups is 1. The number of unbranched alkanes of at least 4 members (excludes halogenated alkanes) is 5. The maximum absolute atomic E-state index is 11.7. The second-order valence-corrected chi connectivity index (χ2v) is 5.24. The number of hydrogen-bond donors (Lipinski definition) is 4. The zero-order valence-corrected chi connectivity index (χ0v) is 12.6. The van der Waals surface area contributed by atoms with Crippen molar-refractivity contribution in [2.45, 2.75) is 58.4 Å². The maximum atomic E-state index is 11.7. The molecule has 0 saturated carbocycles. The van der Waals surface area contributed by atoms with Crippen molar-refractivity contribution in [1.29, 1.82) is 0 Å². The quantitative estimate of drug-likeness (QED) is 0.416. The highest BCUT2D eigenvalue weighted by Gasteiger charge is 2.11. The molecule has 0 aliphatic heterocycles. The number of rotatable bonds is 9. The van der Waals surface area contributed by atoms with E-state index in [1.54, 1.807) is 0 Å². The Balaban J connectivity index is 2.26. The van der Waals surface area contributed by atoms with Crippen LogP contribution < -0.4 is 5.32 Å². The van der Waals surface area contributed by atoms with Gasteiger partial charge in [0.25, 0.3) is 0 Å². The minimum Gasteiger partial charge on any atom is -0.504 e. The van der Waals surface area contributed by atoms with Gasteiger partial charge in [0.2, 0.25) is 11.7 Å². The maximum Gasteiger partial charge on any atom is 0.220 e. The summed E-state index contributed by atoms with van der Waals surface area (Å²) in [4.78, 5) is 11.7. The molecule has 0 unspecified atom stereocenters. The van der Waals surface area contributed by atoms with Crippen LogP contribution in [0.15, 0.2) is 12.1 Å². The van der Waals surface area contributed by atoms with Gasteiger partial charge >= 0.3 is 0 Å². The monoisotopic (exact) mass is 295 g/mol. The Morgan fingerprint density at radius 1 is 1.00 bits per heavy atom. The molecule has 5 heteroatoms. The topological polar surface area (TPSA) is 89.8 Å². The summed E-state index contributed by atoms with van der Waals surface area (Å²) in [6.07, 6.45) is 7.23. The predicted octanol–water partition coefficient (Wildman–Crippen LogP) is 3.17. The molecule has 0 atom stereocenters. The Hall–Kier alpha value is -1.91. The van der Waals surface area contributed by atoms with E-state index in [1.165, 1.54) is 31.4 Å². The number of hydrogen-bond acceptors (Lipinski definition) is 4. The Labute approximate surface area is 125 Å². The molecule has 1 aromatic carbocycles. The molecule has 1 aromatic rings. The molecule has 118 valence electrons. The van der Waals surface area contributed by atoms with Crippen LogP contribution in [0.25, 0.3) is 0 Å². The van der Waals surface area contributed by atoms with E-state index in [4.69, 9.17) is 0 Å². The molecule has 0 bridgehead atoms. The van der Waals surface area contributed by atoms with E-state index in [0.717, 1.165) is 19.3 Å². The van der Waals surface area contributed by atoms with Gasteiger partial charge < -0.3 is 20.6 Å². The number of phenolic OH excluding ortho intramolecular Hbond substituents is 3. The molecule has 0 aromatic heterocycles. The number of benzene rings is 1. The first kappa shape index (κ1) is 17.1. The van der Waals surface area contributed by atoms with Gasteiger partial charge in [-0.1, -0.05) is 39.0 Å². The van der Waals surface area contributed by atoms with E-state index in [0.29, 0.717) is 12.0 Å². The summed E-state index contributed by atoms with van der Waals surface area (Å²) in [5, 5.41) is 30.9. The summed E-state index contributed by atoms with van der Waals surface area (Å²) in [6.45, 7) is 2.30. The summed E-state index contributed by atoms with van der Waals surface area (Å²) < 4.78 is 0. The second-order valence-electron chi connectivity index (χ2n) is 5.24. The predicted molar refractivity (Wildman–Crippen MR) is 81.3 cm³/mol. The van der Waals surface area contributed by atoms with Crippen LogP contribution in [0.1, 0.15) is 57.4 Å². The van der Waals surface area contributed by atoms with E-state index < -0.39 is 11.5 Å². The fourth-order valence-corrected chi connectivity index (χ4v) is 2.10. The lowest BCUT2D eigenvalue weighted by atomic mass is 10.1. The van der Waals surface area contributed by atoms with Crippen LogP contribution in [0.3, 0.4) is 0 Å². The van der Waals surface area contributed by atoms with E-state index in [2.05, 4.69) is 12.2 Å². The molecule has 1 rings (SSSR count). The standard InChI is InChI=1S/C16H25NO4/c1-2-3-4-5-6-7-8-14(19)17-11-12-9-10-13(18)16(21)15(12)20/h9-10,18,20-21H,2-8,11H2,1H3,(H,17,19). The molecule has 0 saturated heterocycles. The van der Waals surface area contributed by atoms with E-state index in [-0.39, 0.29) is 18.2 Å². The molecule has 0 fully saturated rings. The summed E-state index contributed by atoms with van der Waals surface area (Å²) in [5.41, 5.74) is 0.376. The molecule has 0 spiro atoms. The summed E-state index contributed by atoms with van der Waals surface area (Å²) >= 11 is 0. The summed E-state index contributed by atoms with van der Waals surface area (Å²) in [5.74, 6) is -1.40. The third-order valence-electron chi connectivity index (χ3n) is 3.45. The average molecular weight is 295 g/mol. The molecule has 0 aliphatic carbocycles. The van der Waals surface area contributed by atoms with Gasteiger partial charge in [-0.3, -0.25) is 4.79 Å². The zero-order valence-electron chi connectivity index (χ0n) is 12.6. The number of aromatic hydroxyl groups is 3. The van der Waals surface area contributed by atoms with Gasteiger partial charge in [0.15, 0.2) is 11.5 Å². The van der Waals surface area contributed by atoms with Crippen LogP contribution in [0.4, 0.5) is 0 Å². The van der Waals surface area contributed by atoms with Crippen molar-refractivity contribution in [3.8, 4) is 17.2 Å². The first-order valence-electron chi connectivity index (χ1n) is 7.55. The van der Waals surface area contributed by atoms with Crippen LogP contribution >= 0.6 is 0 Å². The normalized spacial score (nSPS) is 10.5. The fraction of sp³-hybridized carbons (Fsp3) is 0.562. The Morgan fingerprint density at radius 2 is 1.67 bits per heavy atom. The van der Waals surface area contributed by atoms with Crippen LogP contribution in [0.2, 0.25) is 0 Å². The molecule has 1 amide bonds. The average Bonchev–Trinajstić information content (AvgIpc) is 2.47. The van der Waals surface area contributed by atoms with Crippen LogP contribution in [-0.4, -0.2) is 21.2 Å². The highest BCUT2D eigenvalue weighted by atomic mass is 16.3. The smallest absolute Gasteiger partial charge is 0.220 e. The fourth-order valence-electron chi connectivity index (χ4n) is 2.10. The van der Waals surface area contributed by atoms with Crippen molar-refractivity contribution in [2.75, 3.05) is 0 Å². The number of carbonyl (C=O) groups excluding carboxylic acids is 1. The Bertz CT molecular complexity index is 460. The van der Waals surface area contributed by atoms with E-state index >= 15 is 0 Å². The molecule has 4 N–H and O–H groups in total. The largest absolute Gasteiger partial charge is 0.504 e. The first-order valence-corrected chi connectivity index (χ1v) is 7.55. The molecule has 21 heavy (non-hydrogen) atoms. The van der Waals surface area contributed by atoms with Crippen molar-refractivity contribution < 1.29 is 20.1 Å². The Kier molecular flexibility index (Phi) is 7.43. The molecular weight excluding hydrogens is 270 g/mol. The molecular formula is C16H25NO4. The third kappa shape index (κ3) is 5.94. The van der Waals surface area contributed by atoms with Crippen LogP contribution in [0.5, 0.6) is 17.2 Å². The molecule has 0 radical (unpaired) electrons. The summed E-state index contributed by atoms with van der Waals surface area (Å²) in [7, 11) is 0. The Morgan fingerprint density at radius 3 is 2.38 bits per heavy atom. The van der Waals surface area contributed by atoms with Crippen molar-refractivity contribution in [2.24, 2.45) is 0 Å². The minimum atomic E-state index is -0.558. The van der Waals surface area contributed by atoms with Gasteiger partial charge in [-0.25, -0.2) is 0 Å². The number of phenols is 3. The van der Waals surface area contributed by atoms with Gasteiger partial charge in [0.1, 0.15) is 0 Å². The van der Waals surface area contributed by atoms with Crippen molar-refractivity contribution in [3.05, 3.63) is 17.7 Å². The molecule has 0 aliphatic rings. The number of amides is 1. The van der Waals surface area contributed by atoms with Crippen LogP contribution in [0, 0.1) is 0 Å². The second kappa shape index (κ2) is 9.10. The van der Waals surface area contributed by atoms with Crippen LogP contribution in [-0.2, 0) is 11.3 Å². The van der Waals surface area contributed by atoms with Gasteiger partial charge in [0.05, 0.1) is 0 Å². The summed E-state index contributed by atoms with van der Waals surface area (Å²) in [6, 6.07) is 2.75.